The smallest absolute Gasteiger partial charge is 0.206 e. The van der Waals surface area contributed by atoms with Gasteiger partial charge in [0, 0.05) is 22.8 Å². The lowest BCUT2D eigenvalue weighted by molar-refractivity contribution is -0.0790. The first kappa shape index (κ1) is 21.6. The number of halogens is 7. The fourth-order valence-electron chi connectivity index (χ4n) is 3.01. The van der Waals surface area contributed by atoms with Gasteiger partial charge in [0.25, 0.3) is 0 Å². The van der Waals surface area contributed by atoms with E-state index in [4.69, 9.17) is 0 Å². The quantitative estimate of drug-likeness (QED) is 0.376. The third-order valence-corrected chi connectivity index (χ3v) is 4.55. The van der Waals surface area contributed by atoms with Crippen molar-refractivity contribution in [3.8, 4) is 22.3 Å². The summed E-state index contributed by atoms with van der Waals surface area (Å²) < 4.78 is 93.9. The van der Waals surface area contributed by atoms with E-state index in [0.29, 0.717) is 6.42 Å². The van der Waals surface area contributed by atoms with E-state index in [-0.39, 0.29) is 34.4 Å². The van der Waals surface area contributed by atoms with Crippen molar-refractivity contribution >= 4 is 6.08 Å². The van der Waals surface area contributed by atoms with Crippen LogP contribution < -0.4 is 0 Å². The summed E-state index contributed by atoms with van der Waals surface area (Å²) in [6.45, 7) is 1.87. The van der Waals surface area contributed by atoms with Crippen LogP contribution in [0.1, 0.15) is 18.1 Å². The van der Waals surface area contributed by atoms with Gasteiger partial charge in [-0.05, 0) is 53.5 Å². The molecule has 0 fully saturated rings. The second-order valence-electron chi connectivity index (χ2n) is 6.59. The van der Waals surface area contributed by atoms with Gasteiger partial charge in [0.1, 0.15) is 23.3 Å². The number of allylic oxidation sites excluding steroid dienone is 1. The summed E-state index contributed by atoms with van der Waals surface area (Å²) >= 11 is 0. The average Bonchev–Trinajstić information content (AvgIpc) is 2.66. The molecule has 0 aliphatic rings. The van der Waals surface area contributed by atoms with E-state index in [0.717, 1.165) is 23.8 Å². The fourth-order valence-corrected chi connectivity index (χ4v) is 3.01. The number of benzene rings is 3. The Morgan fingerprint density at radius 1 is 0.700 bits per heavy atom. The van der Waals surface area contributed by atoms with Crippen LogP contribution in [0.4, 0.5) is 30.7 Å². The lowest BCUT2D eigenvalue weighted by Crippen LogP contribution is -2.01. The van der Waals surface area contributed by atoms with Gasteiger partial charge in [0.2, 0.25) is 0 Å². The van der Waals surface area contributed by atoms with Crippen molar-refractivity contribution in [1.29, 1.82) is 0 Å². The maximum absolute atomic E-state index is 14.6. The first-order valence-electron chi connectivity index (χ1n) is 8.92. The Kier molecular flexibility index (Phi) is 6.01. The molecule has 156 valence electrons. The highest BCUT2D eigenvalue weighted by Gasteiger charge is 2.23. The largest absolute Gasteiger partial charge is 0.409 e. The minimum atomic E-state index is -4.73. The molecule has 0 aromatic heterocycles. The zero-order valence-electron chi connectivity index (χ0n) is 15.6. The second kappa shape index (κ2) is 8.34. The summed E-state index contributed by atoms with van der Waals surface area (Å²) in [7, 11) is 0. The Bertz CT molecular complexity index is 1090. The van der Waals surface area contributed by atoms with Crippen LogP contribution in [-0.2, 0) is 6.42 Å². The molecule has 3 rings (SSSR count). The highest BCUT2D eigenvalue weighted by molar-refractivity contribution is 5.72. The van der Waals surface area contributed by atoms with Crippen LogP contribution in [0, 0.1) is 23.3 Å². The summed E-state index contributed by atoms with van der Waals surface area (Å²) in [5.74, 6) is -3.92. The molecule has 7 heteroatoms. The van der Waals surface area contributed by atoms with Gasteiger partial charge in [-0.1, -0.05) is 31.2 Å². The summed E-state index contributed by atoms with van der Waals surface area (Å²) in [6, 6.07) is 9.73. The molecule has 0 aliphatic carbocycles. The Balaban J connectivity index is 1.99. The molecule has 30 heavy (non-hydrogen) atoms. The lowest BCUT2D eigenvalue weighted by atomic mass is 9.97. The lowest BCUT2D eigenvalue weighted by Gasteiger charge is -2.10. The van der Waals surface area contributed by atoms with E-state index in [9.17, 15) is 30.7 Å². The van der Waals surface area contributed by atoms with Crippen LogP contribution in [0.5, 0.6) is 0 Å². The Morgan fingerprint density at radius 2 is 1.23 bits per heavy atom. The topological polar surface area (TPSA) is 0 Å². The number of rotatable bonds is 4. The molecule has 0 atom stereocenters. The second-order valence-corrected chi connectivity index (χ2v) is 6.59. The van der Waals surface area contributed by atoms with Gasteiger partial charge in [-0.25, -0.2) is 17.6 Å². The number of hydrogen-bond acceptors (Lipinski definition) is 0. The van der Waals surface area contributed by atoms with Gasteiger partial charge in [-0.15, -0.1) is 0 Å². The molecule has 0 spiro atoms. The molecule has 0 unspecified atom stereocenters. The van der Waals surface area contributed by atoms with Crippen molar-refractivity contribution in [3.63, 3.8) is 0 Å². The fraction of sp³-hybridized carbons (Fsp3) is 0.130. The zero-order chi connectivity index (χ0) is 22.1. The number of alkyl halides is 3. The highest BCUT2D eigenvalue weighted by atomic mass is 19.4. The third-order valence-electron chi connectivity index (χ3n) is 4.55. The minimum absolute atomic E-state index is 0.169. The maximum Gasteiger partial charge on any atom is 0.409 e. The molecule has 0 aliphatic heterocycles. The van der Waals surface area contributed by atoms with E-state index in [1.807, 2.05) is 6.92 Å². The van der Waals surface area contributed by atoms with Crippen molar-refractivity contribution in [3.05, 3.63) is 89.0 Å². The van der Waals surface area contributed by atoms with Gasteiger partial charge >= 0.3 is 6.18 Å². The molecule has 0 saturated heterocycles. The Labute approximate surface area is 168 Å². The monoisotopic (exact) mass is 424 g/mol. The van der Waals surface area contributed by atoms with Crippen LogP contribution in [0.25, 0.3) is 28.3 Å². The highest BCUT2D eigenvalue weighted by Crippen LogP contribution is 2.32. The molecule has 0 heterocycles. The van der Waals surface area contributed by atoms with E-state index < -0.39 is 35.0 Å². The minimum Gasteiger partial charge on any atom is -0.206 e. The predicted molar refractivity (Wildman–Crippen MR) is 102 cm³/mol. The number of hydrogen-bond donors (Lipinski definition) is 0. The number of aryl methyl sites for hydroxylation is 1. The molecule has 0 nitrogen and oxygen atoms in total. The van der Waals surface area contributed by atoms with Crippen molar-refractivity contribution in [2.75, 3.05) is 0 Å². The van der Waals surface area contributed by atoms with Crippen LogP contribution in [0.15, 0.2) is 54.6 Å². The standard InChI is InChI=1S/C23H15F7/c1-2-13-3-5-16(19(24)9-13)14-4-6-17(20(25)10-14)15-11-21(26)18(22(27)12-15)7-8-23(28,29)30/h3-12H,2H2,1H3/b8-7+. The van der Waals surface area contributed by atoms with Crippen molar-refractivity contribution in [2.24, 2.45) is 0 Å². The van der Waals surface area contributed by atoms with Crippen molar-refractivity contribution in [1.82, 2.24) is 0 Å². The van der Waals surface area contributed by atoms with Gasteiger partial charge < -0.3 is 0 Å². The van der Waals surface area contributed by atoms with Gasteiger partial charge in [-0.3, -0.25) is 0 Å². The van der Waals surface area contributed by atoms with E-state index in [2.05, 4.69) is 0 Å². The van der Waals surface area contributed by atoms with Gasteiger partial charge in [0.05, 0.1) is 0 Å². The predicted octanol–water partition coefficient (Wildman–Crippen LogP) is 7.71. The molecule has 0 bridgehead atoms. The summed E-state index contributed by atoms with van der Waals surface area (Å²) in [5.41, 5.74) is -0.0663. The maximum atomic E-state index is 14.6. The Hall–Kier alpha value is -3.09. The van der Waals surface area contributed by atoms with Crippen LogP contribution in [-0.4, -0.2) is 6.18 Å². The third kappa shape index (κ3) is 4.72. The van der Waals surface area contributed by atoms with E-state index >= 15 is 0 Å². The van der Waals surface area contributed by atoms with E-state index in [1.54, 1.807) is 6.07 Å². The molecule has 0 radical (unpaired) electrons. The molecule has 0 amide bonds. The SMILES string of the molecule is CCc1ccc(-c2ccc(-c3cc(F)c(/C=C/C(F)(F)F)c(F)c3)c(F)c2)c(F)c1. The first-order chi connectivity index (χ1) is 14.1. The van der Waals surface area contributed by atoms with Gasteiger partial charge in [0.15, 0.2) is 0 Å². The average molecular weight is 424 g/mol. The van der Waals surface area contributed by atoms with Crippen molar-refractivity contribution in [2.45, 2.75) is 19.5 Å². The summed E-state index contributed by atoms with van der Waals surface area (Å²) in [6.07, 6.45) is -4.11. The summed E-state index contributed by atoms with van der Waals surface area (Å²) in [4.78, 5) is 0. The molecule has 3 aromatic rings. The van der Waals surface area contributed by atoms with Gasteiger partial charge in [-0.2, -0.15) is 13.2 Å². The normalized spacial score (nSPS) is 12.0. The molecular formula is C23H15F7. The van der Waals surface area contributed by atoms with Crippen LogP contribution >= 0.6 is 0 Å². The summed E-state index contributed by atoms with van der Waals surface area (Å²) in [5, 5.41) is 0. The molecule has 0 N–H and O–H groups in total. The zero-order valence-corrected chi connectivity index (χ0v) is 15.6. The first-order valence-corrected chi connectivity index (χ1v) is 8.92. The molecular weight excluding hydrogens is 409 g/mol. The molecule has 3 aromatic carbocycles. The van der Waals surface area contributed by atoms with Crippen LogP contribution in [0.3, 0.4) is 0 Å². The van der Waals surface area contributed by atoms with Crippen LogP contribution in [0.2, 0.25) is 0 Å². The van der Waals surface area contributed by atoms with Crippen molar-refractivity contribution < 1.29 is 30.7 Å². The molecule has 0 saturated carbocycles. The van der Waals surface area contributed by atoms with E-state index in [1.165, 1.54) is 24.3 Å². The Morgan fingerprint density at radius 3 is 1.77 bits per heavy atom.